The second kappa shape index (κ2) is 6.22. The van der Waals surface area contributed by atoms with Gasteiger partial charge in [-0.2, -0.15) is 0 Å². The molecule has 0 spiro atoms. The molecule has 1 aliphatic rings. The van der Waals surface area contributed by atoms with Crippen molar-refractivity contribution in [2.24, 2.45) is 5.92 Å². The summed E-state index contributed by atoms with van der Waals surface area (Å²) < 4.78 is 11.3. The zero-order valence-corrected chi connectivity index (χ0v) is 13.2. The van der Waals surface area contributed by atoms with E-state index in [2.05, 4.69) is 21.4 Å². The van der Waals surface area contributed by atoms with E-state index in [0.717, 1.165) is 41.7 Å². The summed E-state index contributed by atoms with van der Waals surface area (Å²) >= 11 is 0. The fourth-order valence-electron chi connectivity index (χ4n) is 2.86. The zero-order chi connectivity index (χ0) is 15.5. The molecule has 0 unspecified atom stereocenters. The van der Waals surface area contributed by atoms with Gasteiger partial charge in [0.2, 0.25) is 0 Å². The van der Waals surface area contributed by atoms with Gasteiger partial charge in [-0.1, -0.05) is 12.1 Å². The molecule has 0 aliphatic carbocycles. The average molecular weight is 299 g/mol. The SMILES string of the molecule is CNc1cc(C)nc(C[C@@H]2COc3c(cccc3OC)C2)n1. The summed E-state index contributed by atoms with van der Waals surface area (Å²) in [6.07, 6.45) is 1.77. The lowest BCUT2D eigenvalue weighted by atomic mass is 9.93. The van der Waals surface area contributed by atoms with Crippen LogP contribution in [0.15, 0.2) is 24.3 Å². The number of methoxy groups -OCH3 is 1. The lowest BCUT2D eigenvalue weighted by Crippen LogP contribution is -2.24. The molecule has 1 atom stereocenters. The molecule has 0 saturated heterocycles. The molecule has 0 bridgehead atoms. The minimum Gasteiger partial charge on any atom is -0.493 e. The maximum absolute atomic E-state index is 5.92. The van der Waals surface area contributed by atoms with E-state index in [1.54, 1.807) is 7.11 Å². The molecule has 22 heavy (non-hydrogen) atoms. The first-order chi connectivity index (χ1) is 10.7. The molecular weight excluding hydrogens is 278 g/mol. The Labute approximate surface area is 130 Å². The molecule has 0 fully saturated rings. The first kappa shape index (κ1) is 14.6. The summed E-state index contributed by atoms with van der Waals surface area (Å²) in [5, 5.41) is 3.08. The Balaban J connectivity index is 1.77. The standard InChI is InChI=1S/C17H21N3O2/c1-11-7-15(18-2)20-16(19-11)9-12-8-13-5-4-6-14(21-3)17(13)22-10-12/h4-7,12H,8-10H2,1-3H3,(H,18,19,20)/t12-/m1/s1. The summed E-state index contributed by atoms with van der Waals surface area (Å²) in [5.41, 5.74) is 2.17. The molecule has 1 aromatic carbocycles. The van der Waals surface area contributed by atoms with Gasteiger partial charge in [-0.25, -0.2) is 9.97 Å². The van der Waals surface area contributed by atoms with Crippen LogP contribution in [0.25, 0.3) is 0 Å². The van der Waals surface area contributed by atoms with E-state index < -0.39 is 0 Å². The van der Waals surface area contributed by atoms with E-state index in [9.17, 15) is 0 Å². The molecule has 2 aromatic rings. The molecule has 2 heterocycles. The van der Waals surface area contributed by atoms with Crippen LogP contribution >= 0.6 is 0 Å². The second-order valence-corrected chi connectivity index (χ2v) is 5.59. The molecule has 1 aromatic heterocycles. The molecule has 0 amide bonds. The highest BCUT2D eigenvalue weighted by Gasteiger charge is 2.23. The molecule has 3 rings (SSSR count). The number of hydrogen-bond acceptors (Lipinski definition) is 5. The van der Waals surface area contributed by atoms with Gasteiger partial charge in [-0.3, -0.25) is 0 Å². The first-order valence-corrected chi connectivity index (χ1v) is 7.50. The number of aromatic nitrogens is 2. The van der Waals surface area contributed by atoms with E-state index in [1.165, 1.54) is 5.56 Å². The zero-order valence-electron chi connectivity index (χ0n) is 13.2. The molecule has 5 heteroatoms. The predicted molar refractivity (Wildman–Crippen MR) is 85.7 cm³/mol. The van der Waals surface area contributed by atoms with Gasteiger partial charge in [0.1, 0.15) is 11.6 Å². The lowest BCUT2D eigenvalue weighted by molar-refractivity contribution is 0.209. The molecule has 0 radical (unpaired) electrons. The van der Waals surface area contributed by atoms with Crippen molar-refractivity contribution in [3.05, 3.63) is 41.3 Å². The number of nitrogens with zero attached hydrogens (tertiary/aromatic N) is 2. The van der Waals surface area contributed by atoms with E-state index in [4.69, 9.17) is 9.47 Å². The van der Waals surface area contributed by atoms with Crippen LogP contribution < -0.4 is 14.8 Å². The van der Waals surface area contributed by atoms with Crippen LogP contribution in [-0.2, 0) is 12.8 Å². The number of anilines is 1. The first-order valence-electron chi connectivity index (χ1n) is 7.50. The number of hydrogen-bond donors (Lipinski definition) is 1. The van der Waals surface area contributed by atoms with Crippen molar-refractivity contribution in [1.29, 1.82) is 0 Å². The summed E-state index contributed by atoms with van der Waals surface area (Å²) in [5.74, 6) is 3.79. The Morgan fingerprint density at radius 3 is 3.00 bits per heavy atom. The highest BCUT2D eigenvalue weighted by atomic mass is 16.5. The van der Waals surface area contributed by atoms with Crippen LogP contribution in [0.3, 0.4) is 0 Å². The van der Waals surface area contributed by atoms with Crippen molar-refractivity contribution in [3.8, 4) is 11.5 Å². The molecular formula is C17H21N3O2. The normalized spacial score (nSPS) is 16.6. The van der Waals surface area contributed by atoms with Crippen LogP contribution in [0.5, 0.6) is 11.5 Å². The number of benzene rings is 1. The van der Waals surface area contributed by atoms with E-state index in [0.29, 0.717) is 12.5 Å². The summed E-state index contributed by atoms with van der Waals surface area (Å²) in [7, 11) is 3.54. The minimum atomic E-state index is 0.381. The van der Waals surface area contributed by atoms with Crippen LogP contribution in [0.1, 0.15) is 17.1 Å². The lowest BCUT2D eigenvalue weighted by Gasteiger charge is -2.26. The number of nitrogens with one attached hydrogen (secondary N) is 1. The smallest absolute Gasteiger partial charge is 0.164 e. The van der Waals surface area contributed by atoms with Crippen molar-refractivity contribution < 1.29 is 9.47 Å². The van der Waals surface area contributed by atoms with Crippen LogP contribution in [0.2, 0.25) is 0 Å². The third-order valence-corrected chi connectivity index (χ3v) is 3.88. The Hall–Kier alpha value is -2.30. The van der Waals surface area contributed by atoms with Gasteiger partial charge in [0.15, 0.2) is 11.5 Å². The van der Waals surface area contributed by atoms with Crippen molar-refractivity contribution in [3.63, 3.8) is 0 Å². The summed E-state index contributed by atoms with van der Waals surface area (Å²) in [6.45, 7) is 2.66. The topological polar surface area (TPSA) is 56.3 Å². The van der Waals surface area contributed by atoms with Gasteiger partial charge < -0.3 is 14.8 Å². The highest BCUT2D eigenvalue weighted by molar-refractivity contribution is 5.47. The fraction of sp³-hybridized carbons (Fsp3) is 0.412. The Morgan fingerprint density at radius 1 is 1.36 bits per heavy atom. The number of fused-ring (bicyclic) bond motifs is 1. The number of aryl methyl sites for hydroxylation is 1. The van der Waals surface area contributed by atoms with Gasteiger partial charge in [-0.15, -0.1) is 0 Å². The van der Waals surface area contributed by atoms with Crippen LogP contribution in [0, 0.1) is 12.8 Å². The van der Waals surface area contributed by atoms with Crippen LogP contribution in [0.4, 0.5) is 5.82 Å². The van der Waals surface area contributed by atoms with E-state index in [1.807, 2.05) is 32.2 Å². The van der Waals surface area contributed by atoms with Gasteiger partial charge in [0, 0.05) is 31.1 Å². The third kappa shape index (κ3) is 2.98. The summed E-state index contributed by atoms with van der Waals surface area (Å²) in [6, 6.07) is 7.98. The van der Waals surface area contributed by atoms with Crippen molar-refractivity contribution in [2.45, 2.75) is 19.8 Å². The predicted octanol–water partition coefficient (Wildman–Crippen LogP) is 2.63. The third-order valence-electron chi connectivity index (χ3n) is 3.88. The number of para-hydroxylation sites is 1. The fourth-order valence-corrected chi connectivity index (χ4v) is 2.86. The molecule has 1 N–H and O–H groups in total. The minimum absolute atomic E-state index is 0.381. The Morgan fingerprint density at radius 2 is 2.23 bits per heavy atom. The van der Waals surface area contributed by atoms with Gasteiger partial charge >= 0.3 is 0 Å². The number of ether oxygens (including phenoxy) is 2. The highest BCUT2D eigenvalue weighted by Crippen LogP contribution is 2.36. The van der Waals surface area contributed by atoms with Gasteiger partial charge in [0.05, 0.1) is 13.7 Å². The van der Waals surface area contributed by atoms with Crippen molar-refractivity contribution >= 4 is 5.82 Å². The quantitative estimate of drug-likeness (QED) is 0.940. The second-order valence-electron chi connectivity index (χ2n) is 5.59. The molecule has 0 saturated carbocycles. The monoisotopic (exact) mass is 299 g/mol. The maximum Gasteiger partial charge on any atom is 0.164 e. The molecule has 116 valence electrons. The molecule has 5 nitrogen and oxygen atoms in total. The Kier molecular flexibility index (Phi) is 4.13. The van der Waals surface area contributed by atoms with Crippen molar-refractivity contribution in [2.75, 3.05) is 26.1 Å². The van der Waals surface area contributed by atoms with Crippen molar-refractivity contribution in [1.82, 2.24) is 9.97 Å². The Bertz CT molecular complexity index is 673. The van der Waals surface area contributed by atoms with E-state index >= 15 is 0 Å². The summed E-state index contributed by atoms with van der Waals surface area (Å²) in [4.78, 5) is 9.07. The van der Waals surface area contributed by atoms with E-state index in [-0.39, 0.29) is 0 Å². The van der Waals surface area contributed by atoms with Gasteiger partial charge in [0.25, 0.3) is 0 Å². The van der Waals surface area contributed by atoms with Gasteiger partial charge in [-0.05, 0) is 25.0 Å². The number of rotatable bonds is 4. The maximum atomic E-state index is 5.92. The van der Waals surface area contributed by atoms with Crippen LogP contribution in [-0.4, -0.2) is 30.7 Å². The largest absolute Gasteiger partial charge is 0.493 e. The molecule has 1 aliphatic heterocycles. The average Bonchev–Trinajstić information content (AvgIpc) is 2.53.